The summed E-state index contributed by atoms with van der Waals surface area (Å²) in [5, 5.41) is 19.5. The van der Waals surface area contributed by atoms with Crippen molar-refractivity contribution in [3.05, 3.63) is 89.1 Å². The second-order valence-corrected chi connectivity index (χ2v) is 6.33. The summed E-state index contributed by atoms with van der Waals surface area (Å²) in [6.07, 6.45) is 1.51. The number of carbonyl (C=O) groups excluding carboxylic acids is 1. The van der Waals surface area contributed by atoms with Crippen LogP contribution in [-0.4, -0.2) is 20.9 Å². The summed E-state index contributed by atoms with van der Waals surface area (Å²) < 4.78 is 0. The Bertz CT molecular complexity index is 1210. The van der Waals surface area contributed by atoms with E-state index in [0.29, 0.717) is 28.2 Å². The molecule has 0 fully saturated rings. The van der Waals surface area contributed by atoms with Crippen LogP contribution in [0.4, 0.5) is 33.4 Å². The van der Waals surface area contributed by atoms with Crippen molar-refractivity contribution in [2.45, 2.75) is 0 Å². The smallest absolute Gasteiger partial charge is 0.323 e. The molecule has 1 aromatic heterocycles. The largest absolute Gasteiger partial charge is 0.339 e. The second-order valence-electron chi connectivity index (χ2n) is 6.33. The molecular formula is C21H16N6O3. The van der Waals surface area contributed by atoms with E-state index in [0.717, 1.165) is 5.69 Å². The highest BCUT2D eigenvalue weighted by atomic mass is 16.6. The Morgan fingerprint density at radius 2 is 1.50 bits per heavy atom. The summed E-state index contributed by atoms with van der Waals surface area (Å²) in [6.45, 7) is 0. The highest BCUT2D eigenvalue weighted by molar-refractivity contribution is 5.99. The summed E-state index contributed by atoms with van der Waals surface area (Å²) in [5.41, 5.74) is 3.04. The Hall–Kier alpha value is -4.53. The standard InChI is InChI=1S/C21H16N6O3/c28-21(24-14-4-2-1-3-5-14)25-16-8-6-15(7-9-16)23-20-13-22-19-12-17(27(29)30)10-11-18(19)26-20/h1-13H,(H,23,26)(H2,24,25,28). The summed E-state index contributed by atoms with van der Waals surface area (Å²) >= 11 is 0. The number of hydrogen-bond acceptors (Lipinski definition) is 6. The van der Waals surface area contributed by atoms with E-state index in [1.807, 2.05) is 18.2 Å². The minimum atomic E-state index is -0.469. The number of fused-ring (bicyclic) bond motifs is 1. The number of rotatable bonds is 5. The number of nitro groups is 1. The molecule has 30 heavy (non-hydrogen) atoms. The number of carbonyl (C=O) groups is 1. The van der Waals surface area contributed by atoms with Crippen LogP contribution in [0.25, 0.3) is 11.0 Å². The van der Waals surface area contributed by atoms with E-state index in [9.17, 15) is 14.9 Å². The van der Waals surface area contributed by atoms with E-state index in [2.05, 4.69) is 25.9 Å². The van der Waals surface area contributed by atoms with Crippen LogP contribution in [0.5, 0.6) is 0 Å². The molecule has 0 radical (unpaired) electrons. The first kappa shape index (κ1) is 18.8. The molecule has 1 heterocycles. The Balaban J connectivity index is 1.41. The highest BCUT2D eigenvalue weighted by Crippen LogP contribution is 2.22. The molecule has 0 aliphatic rings. The third kappa shape index (κ3) is 4.47. The van der Waals surface area contributed by atoms with Gasteiger partial charge in [-0.15, -0.1) is 0 Å². The van der Waals surface area contributed by atoms with Crippen molar-refractivity contribution in [3.63, 3.8) is 0 Å². The van der Waals surface area contributed by atoms with Crippen molar-refractivity contribution in [2.75, 3.05) is 16.0 Å². The van der Waals surface area contributed by atoms with E-state index in [1.54, 1.807) is 42.5 Å². The summed E-state index contributed by atoms with van der Waals surface area (Å²) in [6, 6.07) is 20.2. The third-order valence-electron chi connectivity index (χ3n) is 4.18. The van der Waals surface area contributed by atoms with Crippen LogP contribution < -0.4 is 16.0 Å². The first-order valence-electron chi connectivity index (χ1n) is 8.98. The van der Waals surface area contributed by atoms with Gasteiger partial charge < -0.3 is 16.0 Å². The van der Waals surface area contributed by atoms with E-state index in [-0.39, 0.29) is 11.7 Å². The van der Waals surface area contributed by atoms with Crippen molar-refractivity contribution in [1.82, 2.24) is 9.97 Å². The van der Waals surface area contributed by atoms with Gasteiger partial charge >= 0.3 is 6.03 Å². The van der Waals surface area contributed by atoms with Gasteiger partial charge in [0.05, 0.1) is 22.2 Å². The number of urea groups is 1. The van der Waals surface area contributed by atoms with Gasteiger partial charge in [-0.2, -0.15) is 0 Å². The molecule has 0 unspecified atom stereocenters. The third-order valence-corrected chi connectivity index (χ3v) is 4.18. The maximum absolute atomic E-state index is 12.1. The molecule has 4 aromatic rings. The van der Waals surface area contributed by atoms with Gasteiger partial charge in [0, 0.05) is 29.2 Å². The molecule has 0 aliphatic heterocycles. The van der Waals surface area contributed by atoms with Crippen molar-refractivity contribution in [1.29, 1.82) is 0 Å². The van der Waals surface area contributed by atoms with E-state index in [4.69, 9.17) is 0 Å². The van der Waals surface area contributed by atoms with E-state index in [1.165, 1.54) is 18.3 Å². The van der Waals surface area contributed by atoms with Gasteiger partial charge in [-0.3, -0.25) is 15.1 Å². The molecule has 4 rings (SSSR count). The molecule has 0 saturated heterocycles. The topological polar surface area (TPSA) is 122 Å². The molecule has 3 aromatic carbocycles. The zero-order chi connectivity index (χ0) is 20.9. The predicted octanol–water partition coefficient (Wildman–Crippen LogP) is 4.93. The molecule has 9 heteroatoms. The molecular weight excluding hydrogens is 384 g/mol. The first-order chi connectivity index (χ1) is 14.6. The molecule has 148 valence electrons. The number of para-hydroxylation sites is 1. The number of amides is 2. The maximum Gasteiger partial charge on any atom is 0.323 e. The number of aromatic nitrogens is 2. The number of nitrogens with zero attached hydrogens (tertiary/aromatic N) is 3. The molecule has 0 bridgehead atoms. The summed E-state index contributed by atoms with van der Waals surface area (Å²) in [5.74, 6) is 0.499. The van der Waals surface area contributed by atoms with Gasteiger partial charge in [0.1, 0.15) is 5.82 Å². The second kappa shape index (κ2) is 8.23. The highest BCUT2D eigenvalue weighted by Gasteiger charge is 2.08. The lowest BCUT2D eigenvalue weighted by atomic mass is 10.2. The molecule has 0 atom stereocenters. The lowest BCUT2D eigenvalue weighted by molar-refractivity contribution is -0.384. The molecule has 0 aliphatic carbocycles. The number of nitrogens with one attached hydrogen (secondary N) is 3. The minimum Gasteiger partial charge on any atom is -0.339 e. The maximum atomic E-state index is 12.1. The van der Waals surface area contributed by atoms with Crippen molar-refractivity contribution in [3.8, 4) is 0 Å². The monoisotopic (exact) mass is 400 g/mol. The molecule has 9 nitrogen and oxygen atoms in total. The Morgan fingerprint density at radius 3 is 2.20 bits per heavy atom. The fourth-order valence-electron chi connectivity index (χ4n) is 2.77. The fourth-order valence-corrected chi connectivity index (χ4v) is 2.77. The van der Waals surface area contributed by atoms with Gasteiger partial charge in [-0.25, -0.2) is 9.78 Å². The summed E-state index contributed by atoms with van der Waals surface area (Å²) in [7, 11) is 0. The Morgan fingerprint density at radius 1 is 0.833 bits per heavy atom. The van der Waals surface area contributed by atoms with Crippen LogP contribution in [0, 0.1) is 10.1 Å². The average Bonchev–Trinajstić information content (AvgIpc) is 2.75. The molecule has 0 saturated carbocycles. The fraction of sp³-hybridized carbons (Fsp3) is 0. The predicted molar refractivity (Wildman–Crippen MR) is 115 cm³/mol. The van der Waals surface area contributed by atoms with Crippen LogP contribution in [-0.2, 0) is 0 Å². The van der Waals surface area contributed by atoms with Gasteiger partial charge in [0.25, 0.3) is 5.69 Å². The van der Waals surface area contributed by atoms with Crippen LogP contribution in [0.15, 0.2) is 79.0 Å². The Kier molecular flexibility index (Phi) is 5.16. The quantitative estimate of drug-likeness (QED) is 0.323. The van der Waals surface area contributed by atoms with E-state index < -0.39 is 4.92 Å². The molecule has 2 amide bonds. The molecule has 0 spiro atoms. The lowest BCUT2D eigenvalue weighted by Gasteiger charge is -2.09. The average molecular weight is 400 g/mol. The van der Waals surface area contributed by atoms with Crippen molar-refractivity contribution in [2.24, 2.45) is 0 Å². The van der Waals surface area contributed by atoms with E-state index >= 15 is 0 Å². The number of hydrogen-bond donors (Lipinski definition) is 3. The first-order valence-corrected chi connectivity index (χ1v) is 8.98. The van der Waals surface area contributed by atoms with Gasteiger partial charge in [-0.05, 0) is 42.5 Å². The summed E-state index contributed by atoms with van der Waals surface area (Å²) in [4.78, 5) is 31.1. The zero-order valence-electron chi connectivity index (χ0n) is 15.6. The van der Waals surface area contributed by atoms with Crippen LogP contribution in [0.1, 0.15) is 0 Å². The van der Waals surface area contributed by atoms with Crippen LogP contribution >= 0.6 is 0 Å². The van der Waals surface area contributed by atoms with Crippen LogP contribution in [0.2, 0.25) is 0 Å². The van der Waals surface area contributed by atoms with Gasteiger partial charge in [0.2, 0.25) is 0 Å². The van der Waals surface area contributed by atoms with Gasteiger partial charge in [0.15, 0.2) is 0 Å². The number of benzene rings is 3. The number of non-ortho nitro benzene ring substituents is 1. The van der Waals surface area contributed by atoms with Crippen LogP contribution in [0.3, 0.4) is 0 Å². The van der Waals surface area contributed by atoms with Gasteiger partial charge in [-0.1, -0.05) is 18.2 Å². The minimum absolute atomic E-state index is 0.0306. The Labute approximate surface area is 170 Å². The van der Waals surface area contributed by atoms with Crippen molar-refractivity contribution >= 4 is 45.6 Å². The lowest BCUT2D eigenvalue weighted by Crippen LogP contribution is -2.19. The SMILES string of the molecule is O=C(Nc1ccccc1)Nc1ccc(Nc2cnc3cc([N+](=O)[O-])ccc3n2)cc1. The normalized spacial score (nSPS) is 10.4. The number of anilines is 4. The van der Waals surface area contributed by atoms with Crippen molar-refractivity contribution < 1.29 is 9.72 Å². The zero-order valence-corrected chi connectivity index (χ0v) is 15.6. The number of nitro benzene ring substituents is 1. The molecule has 3 N–H and O–H groups in total.